The van der Waals surface area contributed by atoms with Crippen LogP contribution in [0.1, 0.15) is 23.7 Å². The van der Waals surface area contributed by atoms with Crippen LogP contribution in [0.3, 0.4) is 0 Å². The summed E-state index contributed by atoms with van der Waals surface area (Å²) in [5.74, 6) is 0. The van der Waals surface area contributed by atoms with E-state index in [1.54, 1.807) is 7.11 Å². The molecule has 0 saturated carbocycles. The van der Waals surface area contributed by atoms with Crippen molar-refractivity contribution in [1.29, 1.82) is 0 Å². The summed E-state index contributed by atoms with van der Waals surface area (Å²) < 4.78 is 5.07. The molecule has 0 saturated heterocycles. The Morgan fingerprint density at radius 1 is 1.57 bits per heavy atom. The van der Waals surface area contributed by atoms with Crippen molar-refractivity contribution in [3.8, 4) is 0 Å². The third-order valence-electron chi connectivity index (χ3n) is 2.34. The van der Waals surface area contributed by atoms with Crippen molar-refractivity contribution in [2.45, 2.75) is 19.4 Å². The minimum Gasteiger partial charge on any atom is -0.385 e. The maximum atomic E-state index is 5.07. The van der Waals surface area contributed by atoms with E-state index >= 15 is 0 Å². The van der Waals surface area contributed by atoms with Crippen molar-refractivity contribution >= 4 is 0 Å². The minimum absolute atomic E-state index is 0.288. The van der Waals surface area contributed by atoms with Crippen molar-refractivity contribution < 1.29 is 4.74 Å². The fourth-order valence-corrected chi connectivity index (χ4v) is 1.52. The van der Waals surface area contributed by atoms with Crippen molar-refractivity contribution in [3.05, 3.63) is 29.6 Å². The molecule has 1 unspecified atom stereocenters. The lowest BCUT2D eigenvalue weighted by Crippen LogP contribution is -2.20. The Hall–Kier alpha value is -0.930. The zero-order chi connectivity index (χ0) is 10.4. The van der Waals surface area contributed by atoms with Crippen molar-refractivity contribution in [2.75, 3.05) is 20.8 Å². The van der Waals surface area contributed by atoms with Gasteiger partial charge in [0.1, 0.15) is 0 Å². The third kappa shape index (κ3) is 2.79. The molecule has 3 heteroatoms. The lowest BCUT2D eigenvalue weighted by Gasteiger charge is -2.16. The quantitative estimate of drug-likeness (QED) is 0.774. The van der Waals surface area contributed by atoms with Crippen LogP contribution in [0.4, 0.5) is 0 Å². The number of methoxy groups -OCH3 is 1. The van der Waals surface area contributed by atoms with Gasteiger partial charge >= 0.3 is 0 Å². The van der Waals surface area contributed by atoms with Gasteiger partial charge in [-0.05, 0) is 32.0 Å². The van der Waals surface area contributed by atoms with Gasteiger partial charge in [0.15, 0.2) is 0 Å². The van der Waals surface area contributed by atoms with E-state index in [0.29, 0.717) is 0 Å². The van der Waals surface area contributed by atoms with Gasteiger partial charge in [-0.15, -0.1) is 0 Å². The molecule has 14 heavy (non-hydrogen) atoms. The number of nitrogens with one attached hydrogen (secondary N) is 1. The molecule has 0 amide bonds. The summed E-state index contributed by atoms with van der Waals surface area (Å²) in [5, 5.41) is 3.25. The molecule has 1 rings (SSSR count). The second-order valence-electron chi connectivity index (χ2n) is 3.33. The fourth-order valence-electron chi connectivity index (χ4n) is 1.52. The highest BCUT2D eigenvalue weighted by molar-refractivity contribution is 5.20. The molecule has 1 N–H and O–H groups in total. The van der Waals surface area contributed by atoms with Crippen LogP contribution in [0.5, 0.6) is 0 Å². The Morgan fingerprint density at radius 2 is 2.36 bits per heavy atom. The molecule has 0 aliphatic carbocycles. The van der Waals surface area contributed by atoms with Crippen LogP contribution in [0.25, 0.3) is 0 Å². The Balaban J connectivity index is 2.73. The summed E-state index contributed by atoms with van der Waals surface area (Å²) >= 11 is 0. The summed E-state index contributed by atoms with van der Waals surface area (Å²) in [4.78, 5) is 4.38. The summed E-state index contributed by atoms with van der Waals surface area (Å²) in [6.45, 7) is 2.83. The van der Waals surface area contributed by atoms with Crippen molar-refractivity contribution in [3.63, 3.8) is 0 Å². The Labute approximate surface area is 85.5 Å². The molecule has 0 aliphatic heterocycles. The Bertz CT molecular complexity index is 276. The van der Waals surface area contributed by atoms with Crippen molar-refractivity contribution in [1.82, 2.24) is 10.3 Å². The first-order chi connectivity index (χ1) is 6.79. The zero-order valence-electron chi connectivity index (χ0n) is 9.08. The predicted octanol–water partition coefficient (Wildman–Crippen LogP) is 1.69. The maximum Gasteiger partial charge on any atom is 0.0603 e. The van der Waals surface area contributed by atoms with Gasteiger partial charge in [-0.1, -0.05) is 6.07 Å². The second kappa shape index (κ2) is 5.73. The molecule has 0 fully saturated rings. The first-order valence-electron chi connectivity index (χ1n) is 4.87. The van der Waals surface area contributed by atoms with Crippen LogP contribution in [0.15, 0.2) is 18.3 Å². The monoisotopic (exact) mass is 194 g/mol. The second-order valence-corrected chi connectivity index (χ2v) is 3.33. The van der Waals surface area contributed by atoms with Gasteiger partial charge in [0.05, 0.1) is 11.7 Å². The van der Waals surface area contributed by atoms with E-state index in [9.17, 15) is 0 Å². The fraction of sp³-hybridized carbons (Fsp3) is 0.545. The molecule has 78 valence electrons. The van der Waals surface area contributed by atoms with Gasteiger partial charge in [0.2, 0.25) is 0 Å². The molecule has 0 aliphatic rings. The van der Waals surface area contributed by atoms with Crippen LogP contribution in [-0.4, -0.2) is 25.7 Å². The lowest BCUT2D eigenvalue weighted by atomic mass is 10.1. The zero-order valence-corrected chi connectivity index (χ0v) is 9.08. The summed E-state index contributed by atoms with van der Waals surface area (Å²) in [6.07, 6.45) is 2.78. The number of nitrogens with zero attached hydrogens (tertiary/aromatic N) is 1. The number of aryl methyl sites for hydroxylation is 1. The third-order valence-corrected chi connectivity index (χ3v) is 2.34. The summed E-state index contributed by atoms with van der Waals surface area (Å²) in [7, 11) is 3.67. The van der Waals surface area contributed by atoms with E-state index in [0.717, 1.165) is 18.7 Å². The number of aromatic nitrogens is 1. The summed E-state index contributed by atoms with van der Waals surface area (Å²) in [5.41, 5.74) is 2.34. The van der Waals surface area contributed by atoms with Gasteiger partial charge in [0.25, 0.3) is 0 Å². The Kier molecular flexibility index (Phi) is 4.56. The molecular weight excluding hydrogens is 176 g/mol. The SMILES string of the molecule is CNC(CCOC)c1ncccc1C. The molecule has 0 aromatic carbocycles. The van der Waals surface area contributed by atoms with Crippen LogP contribution in [0.2, 0.25) is 0 Å². The largest absolute Gasteiger partial charge is 0.385 e. The average molecular weight is 194 g/mol. The Morgan fingerprint density at radius 3 is 2.93 bits per heavy atom. The number of pyridine rings is 1. The number of ether oxygens (including phenoxy) is 1. The lowest BCUT2D eigenvalue weighted by molar-refractivity contribution is 0.183. The van der Waals surface area contributed by atoms with E-state index in [2.05, 4.69) is 23.3 Å². The molecule has 1 aromatic heterocycles. The molecule has 1 aromatic rings. The maximum absolute atomic E-state index is 5.07. The van der Waals surface area contributed by atoms with E-state index in [1.165, 1.54) is 5.56 Å². The van der Waals surface area contributed by atoms with Gasteiger partial charge in [-0.25, -0.2) is 0 Å². The smallest absolute Gasteiger partial charge is 0.0603 e. The molecule has 0 radical (unpaired) electrons. The van der Waals surface area contributed by atoms with Gasteiger partial charge in [-0.3, -0.25) is 4.98 Å². The topological polar surface area (TPSA) is 34.1 Å². The molecule has 0 spiro atoms. The average Bonchev–Trinajstić information content (AvgIpc) is 2.21. The van der Waals surface area contributed by atoms with Crippen LogP contribution < -0.4 is 5.32 Å². The molecule has 3 nitrogen and oxygen atoms in total. The van der Waals surface area contributed by atoms with Crippen LogP contribution in [0, 0.1) is 6.92 Å². The van der Waals surface area contributed by atoms with Crippen molar-refractivity contribution in [2.24, 2.45) is 0 Å². The molecule has 0 bridgehead atoms. The van der Waals surface area contributed by atoms with Crippen LogP contribution in [-0.2, 0) is 4.74 Å². The molecule has 1 heterocycles. The van der Waals surface area contributed by atoms with Gasteiger partial charge < -0.3 is 10.1 Å². The minimum atomic E-state index is 0.288. The summed E-state index contributed by atoms with van der Waals surface area (Å²) in [6, 6.07) is 4.33. The van der Waals surface area contributed by atoms with E-state index in [1.807, 2.05) is 19.3 Å². The first-order valence-corrected chi connectivity index (χ1v) is 4.87. The van der Waals surface area contributed by atoms with Gasteiger partial charge in [-0.2, -0.15) is 0 Å². The van der Waals surface area contributed by atoms with E-state index < -0.39 is 0 Å². The predicted molar refractivity (Wildman–Crippen MR) is 57.3 cm³/mol. The highest BCUT2D eigenvalue weighted by atomic mass is 16.5. The normalized spacial score (nSPS) is 12.8. The van der Waals surface area contributed by atoms with Gasteiger partial charge in [0, 0.05) is 19.9 Å². The number of hydrogen-bond acceptors (Lipinski definition) is 3. The molecular formula is C11H18N2O. The highest BCUT2D eigenvalue weighted by Crippen LogP contribution is 2.17. The first kappa shape index (κ1) is 11.1. The van der Waals surface area contributed by atoms with Crippen LogP contribution >= 0.6 is 0 Å². The number of hydrogen-bond donors (Lipinski definition) is 1. The molecule has 1 atom stereocenters. The van der Waals surface area contributed by atoms with E-state index in [-0.39, 0.29) is 6.04 Å². The van der Waals surface area contributed by atoms with E-state index in [4.69, 9.17) is 4.74 Å². The standard InChI is InChI=1S/C11H18N2O/c1-9-5-4-7-13-11(9)10(12-2)6-8-14-3/h4-5,7,10,12H,6,8H2,1-3H3. The highest BCUT2D eigenvalue weighted by Gasteiger charge is 2.11. The number of rotatable bonds is 5.